The van der Waals surface area contributed by atoms with Gasteiger partial charge < -0.3 is 5.32 Å². The number of allylic oxidation sites excluding steroid dienone is 2. The Kier molecular flexibility index (Phi) is 4.46. The summed E-state index contributed by atoms with van der Waals surface area (Å²) in [7, 11) is 0. The van der Waals surface area contributed by atoms with E-state index in [0.29, 0.717) is 6.04 Å². The molecule has 0 fully saturated rings. The van der Waals surface area contributed by atoms with Gasteiger partial charge in [-0.2, -0.15) is 5.10 Å². The molecule has 0 spiro atoms. The van der Waals surface area contributed by atoms with Crippen molar-refractivity contribution in [2.75, 3.05) is 6.54 Å². The maximum atomic E-state index is 4.14. The van der Waals surface area contributed by atoms with Gasteiger partial charge in [-0.3, -0.25) is 0 Å². The molecule has 2 aromatic rings. The van der Waals surface area contributed by atoms with Crippen molar-refractivity contribution in [1.29, 1.82) is 0 Å². The second-order valence-corrected chi connectivity index (χ2v) is 5.71. The van der Waals surface area contributed by atoms with Crippen LogP contribution in [0.3, 0.4) is 0 Å². The maximum absolute atomic E-state index is 4.14. The highest BCUT2D eigenvalue weighted by Crippen LogP contribution is 2.20. The molecule has 1 aromatic heterocycles. The number of rotatable bonds is 5. The Morgan fingerprint density at radius 3 is 2.81 bits per heavy atom. The van der Waals surface area contributed by atoms with Crippen molar-refractivity contribution in [3.05, 3.63) is 54.6 Å². The third-order valence-corrected chi connectivity index (χ3v) is 4.17. The van der Waals surface area contributed by atoms with Crippen LogP contribution in [-0.2, 0) is 0 Å². The molecule has 0 saturated heterocycles. The van der Waals surface area contributed by atoms with Crippen LogP contribution in [0.25, 0.3) is 5.69 Å². The highest BCUT2D eigenvalue weighted by molar-refractivity contribution is 5.34. The van der Waals surface area contributed by atoms with Crippen LogP contribution in [0.15, 0.2) is 49.1 Å². The van der Waals surface area contributed by atoms with Crippen molar-refractivity contribution in [1.82, 2.24) is 20.1 Å². The van der Waals surface area contributed by atoms with E-state index < -0.39 is 0 Å². The summed E-state index contributed by atoms with van der Waals surface area (Å²) in [6.45, 7) is 3.32. The van der Waals surface area contributed by atoms with E-state index in [-0.39, 0.29) is 0 Å². The van der Waals surface area contributed by atoms with Gasteiger partial charge in [0.1, 0.15) is 12.7 Å². The number of hydrogen-bond donors (Lipinski definition) is 1. The predicted octanol–water partition coefficient (Wildman–Crippen LogP) is 3.27. The number of nitrogens with one attached hydrogen (secondary N) is 1. The monoisotopic (exact) mass is 282 g/mol. The minimum atomic E-state index is 0.376. The molecular formula is C17H22N4. The lowest BCUT2D eigenvalue weighted by Gasteiger charge is -2.21. The molecule has 0 radical (unpaired) electrons. The SMILES string of the molecule is CC(NCC1CC=CCC1)c1ccc(-n2cncn2)cc1. The van der Waals surface area contributed by atoms with E-state index in [2.05, 4.69) is 58.7 Å². The molecule has 4 nitrogen and oxygen atoms in total. The van der Waals surface area contributed by atoms with E-state index in [0.717, 1.165) is 18.2 Å². The summed E-state index contributed by atoms with van der Waals surface area (Å²) in [5, 5.41) is 7.80. The van der Waals surface area contributed by atoms with Gasteiger partial charge in [-0.25, -0.2) is 9.67 Å². The van der Waals surface area contributed by atoms with E-state index in [9.17, 15) is 0 Å². The van der Waals surface area contributed by atoms with Crippen molar-refractivity contribution >= 4 is 0 Å². The van der Waals surface area contributed by atoms with E-state index in [1.807, 2.05) is 0 Å². The standard InChI is InChI=1S/C17H22N4/c1-14(19-11-15-5-3-2-4-6-15)16-7-9-17(10-8-16)21-13-18-12-20-21/h2-3,7-10,12-15,19H,4-6,11H2,1H3. The van der Waals surface area contributed by atoms with Crippen LogP contribution in [0.1, 0.15) is 37.8 Å². The average molecular weight is 282 g/mol. The van der Waals surface area contributed by atoms with E-state index >= 15 is 0 Å². The minimum Gasteiger partial charge on any atom is -0.310 e. The lowest BCUT2D eigenvalue weighted by atomic mass is 9.94. The minimum absolute atomic E-state index is 0.376. The normalized spacial score (nSPS) is 19.6. The Balaban J connectivity index is 1.57. The molecule has 1 N–H and O–H groups in total. The van der Waals surface area contributed by atoms with Crippen LogP contribution in [-0.4, -0.2) is 21.3 Å². The molecule has 0 saturated carbocycles. The molecular weight excluding hydrogens is 260 g/mol. The predicted molar refractivity (Wildman–Crippen MR) is 84.3 cm³/mol. The molecule has 2 unspecified atom stereocenters. The fourth-order valence-corrected chi connectivity index (χ4v) is 2.76. The summed E-state index contributed by atoms with van der Waals surface area (Å²) >= 11 is 0. The third kappa shape index (κ3) is 3.58. The van der Waals surface area contributed by atoms with Crippen LogP contribution in [0.2, 0.25) is 0 Å². The molecule has 2 atom stereocenters. The molecule has 1 aliphatic rings. The summed E-state index contributed by atoms with van der Waals surface area (Å²) in [4.78, 5) is 3.97. The fourth-order valence-electron chi connectivity index (χ4n) is 2.76. The van der Waals surface area contributed by atoms with Crippen LogP contribution < -0.4 is 5.32 Å². The summed E-state index contributed by atoms with van der Waals surface area (Å²) < 4.78 is 1.77. The highest BCUT2D eigenvalue weighted by Gasteiger charge is 2.12. The molecule has 0 aliphatic heterocycles. The topological polar surface area (TPSA) is 42.7 Å². The smallest absolute Gasteiger partial charge is 0.138 e. The van der Waals surface area contributed by atoms with Crippen molar-refractivity contribution in [2.24, 2.45) is 5.92 Å². The lowest BCUT2D eigenvalue weighted by molar-refractivity contribution is 0.415. The van der Waals surface area contributed by atoms with E-state index in [1.54, 1.807) is 17.3 Å². The van der Waals surface area contributed by atoms with Gasteiger partial charge >= 0.3 is 0 Å². The first kappa shape index (κ1) is 14.0. The van der Waals surface area contributed by atoms with Gasteiger partial charge in [0.05, 0.1) is 5.69 Å². The molecule has 3 rings (SSSR count). The summed E-state index contributed by atoms with van der Waals surface area (Å²) in [5.74, 6) is 0.784. The number of hydrogen-bond acceptors (Lipinski definition) is 3. The van der Waals surface area contributed by atoms with Gasteiger partial charge in [0.25, 0.3) is 0 Å². The Morgan fingerprint density at radius 2 is 2.14 bits per heavy atom. The van der Waals surface area contributed by atoms with Crippen molar-refractivity contribution in [3.63, 3.8) is 0 Å². The zero-order valence-electron chi connectivity index (χ0n) is 12.4. The van der Waals surface area contributed by atoms with Crippen LogP contribution in [0.4, 0.5) is 0 Å². The number of aromatic nitrogens is 3. The Hall–Kier alpha value is -1.94. The lowest BCUT2D eigenvalue weighted by Crippen LogP contribution is -2.26. The van der Waals surface area contributed by atoms with Gasteiger partial charge in [0, 0.05) is 6.04 Å². The van der Waals surface area contributed by atoms with E-state index in [4.69, 9.17) is 0 Å². The summed E-state index contributed by atoms with van der Waals surface area (Å²) in [6.07, 6.45) is 11.6. The second kappa shape index (κ2) is 6.68. The highest BCUT2D eigenvalue weighted by atomic mass is 15.3. The van der Waals surface area contributed by atoms with Gasteiger partial charge in [0.15, 0.2) is 0 Å². The molecule has 1 heterocycles. The van der Waals surface area contributed by atoms with E-state index in [1.165, 1.54) is 24.8 Å². The average Bonchev–Trinajstić information content (AvgIpc) is 3.08. The molecule has 4 heteroatoms. The molecule has 0 amide bonds. The summed E-state index contributed by atoms with van der Waals surface area (Å²) in [6, 6.07) is 8.88. The van der Waals surface area contributed by atoms with Crippen molar-refractivity contribution in [3.8, 4) is 5.69 Å². The van der Waals surface area contributed by atoms with Gasteiger partial charge in [-0.1, -0.05) is 24.3 Å². The Morgan fingerprint density at radius 1 is 1.29 bits per heavy atom. The maximum Gasteiger partial charge on any atom is 0.138 e. The van der Waals surface area contributed by atoms with Crippen molar-refractivity contribution < 1.29 is 0 Å². The molecule has 21 heavy (non-hydrogen) atoms. The molecule has 1 aromatic carbocycles. The molecule has 110 valence electrons. The third-order valence-electron chi connectivity index (χ3n) is 4.17. The zero-order chi connectivity index (χ0) is 14.5. The fraction of sp³-hybridized carbons (Fsp3) is 0.412. The van der Waals surface area contributed by atoms with Crippen LogP contribution in [0.5, 0.6) is 0 Å². The largest absolute Gasteiger partial charge is 0.310 e. The number of nitrogens with zero attached hydrogens (tertiary/aromatic N) is 3. The van der Waals surface area contributed by atoms with Crippen LogP contribution >= 0.6 is 0 Å². The van der Waals surface area contributed by atoms with Crippen molar-refractivity contribution in [2.45, 2.75) is 32.2 Å². The Bertz CT molecular complexity index is 571. The first-order valence-corrected chi connectivity index (χ1v) is 7.66. The first-order valence-electron chi connectivity index (χ1n) is 7.66. The quantitative estimate of drug-likeness (QED) is 0.856. The van der Waals surface area contributed by atoms with Gasteiger partial charge in [-0.15, -0.1) is 0 Å². The summed E-state index contributed by atoms with van der Waals surface area (Å²) in [5.41, 5.74) is 2.35. The molecule has 1 aliphatic carbocycles. The van der Waals surface area contributed by atoms with Gasteiger partial charge in [-0.05, 0) is 56.3 Å². The van der Waals surface area contributed by atoms with Crippen LogP contribution in [0, 0.1) is 5.92 Å². The number of benzene rings is 1. The Labute approximate surface area is 125 Å². The molecule has 0 bridgehead atoms. The second-order valence-electron chi connectivity index (χ2n) is 5.71. The first-order chi connectivity index (χ1) is 10.3. The zero-order valence-corrected chi connectivity index (χ0v) is 12.4. The van der Waals surface area contributed by atoms with Gasteiger partial charge in [0.2, 0.25) is 0 Å².